The fourth-order valence-electron chi connectivity index (χ4n) is 2.80. The number of sulfonamides is 1. The highest BCUT2D eigenvalue weighted by atomic mass is 32.2. The van der Waals surface area contributed by atoms with E-state index in [1.54, 1.807) is 30.3 Å². The second kappa shape index (κ2) is 8.04. The average Bonchev–Trinajstić information content (AvgIpc) is 2.95. The van der Waals surface area contributed by atoms with Crippen LogP contribution in [0.2, 0.25) is 0 Å². The molecule has 0 saturated heterocycles. The van der Waals surface area contributed by atoms with Crippen LogP contribution >= 0.6 is 0 Å². The molecule has 0 radical (unpaired) electrons. The third kappa shape index (κ3) is 4.62. The van der Waals surface area contributed by atoms with Gasteiger partial charge in [0.15, 0.2) is 11.9 Å². The Balaban J connectivity index is 1.60. The van der Waals surface area contributed by atoms with E-state index in [-0.39, 0.29) is 17.3 Å². The molecular formula is C20H21N3O5S. The van der Waals surface area contributed by atoms with Crippen LogP contribution in [-0.2, 0) is 24.3 Å². The topological polar surface area (TPSA) is 105 Å². The fourth-order valence-corrected chi connectivity index (χ4v) is 4.05. The number of amidine groups is 1. The number of esters is 1. The van der Waals surface area contributed by atoms with Crippen LogP contribution in [0, 0.1) is 6.92 Å². The van der Waals surface area contributed by atoms with Gasteiger partial charge >= 0.3 is 5.97 Å². The molecule has 2 aromatic carbocycles. The minimum Gasteiger partial charge on any atom is -0.451 e. The summed E-state index contributed by atoms with van der Waals surface area (Å²) in [5.41, 5.74) is 2.08. The SMILES string of the molecule is Cc1ccc(NC(=O)[C@@H](C)OC(=O)CN(C)C2=NS(=O)(=O)c3ccccc32)cc1. The van der Waals surface area contributed by atoms with Crippen LogP contribution in [0.5, 0.6) is 0 Å². The Morgan fingerprint density at radius 3 is 2.48 bits per heavy atom. The summed E-state index contributed by atoms with van der Waals surface area (Å²) < 4.78 is 33.2. The van der Waals surface area contributed by atoms with E-state index in [1.165, 1.54) is 24.9 Å². The van der Waals surface area contributed by atoms with Crippen LogP contribution in [0.15, 0.2) is 57.8 Å². The molecule has 8 nitrogen and oxygen atoms in total. The van der Waals surface area contributed by atoms with Gasteiger partial charge in [0.05, 0.1) is 0 Å². The summed E-state index contributed by atoms with van der Waals surface area (Å²) in [6.45, 7) is 3.14. The second-order valence-corrected chi connectivity index (χ2v) is 8.30. The Labute approximate surface area is 169 Å². The van der Waals surface area contributed by atoms with Crippen molar-refractivity contribution >= 4 is 33.4 Å². The minimum absolute atomic E-state index is 0.0982. The molecule has 0 aliphatic carbocycles. The zero-order valence-corrected chi connectivity index (χ0v) is 17.1. The van der Waals surface area contributed by atoms with E-state index in [0.717, 1.165) is 5.56 Å². The normalized spacial score (nSPS) is 15.1. The third-order valence-corrected chi connectivity index (χ3v) is 5.66. The lowest BCUT2D eigenvalue weighted by atomic mass is 10.2. The van der Waals surface area contributed by atoms with Crippen LogP contribution in [-0.4, -0.2) is 50.7 Å². The second-order valence-electron chi connectivity index (χ2n) is 6.73. The summed E-state index contributed by atoms with van der Waals surface area (Å²) in [6, 6.07) is 13.6. The number of carbonyl (C=O) groups excluding carboxylic acids is 2. The van der Waals surface area contributed by atoms with E-state index in [1.807, 2.05) is 19.1 Å². The van der Waals surface area contributed by atoms with E-state index in [9.17, 15) is 18.0 Å². The molecule has 0 spiro atoms. The summed E-state index contributed by atoms with van der Waals surface area (Å²) in [4.78, 5) is 25.9. The largest absolute Gasteiger partial charge is 0.451 e. The number of aryl methyl sites for hydroxylation is 1. The first-order valence-electron chi connectivity index (χ1n) is 8.90. The quantitative estimate of drug-likeness (QED) is 0.749. The number of carbonyl (C=O) groups is 2. The molecule has 1 amide bonds. The van der Waals surface area contributed by atoms with Crippen molar-refractivity contribution in [3.8, 4) is 0 Å². The lowest BCUT2D eigenvalue weighted by Gasteiger charge is -2.19. The van der Waals surface area contributed by atoms with Crippen LogP contribution in [0.3, 0.4) is 0 Å². The Morgan fingerprint density at radius 2 is 1.79 bits per heavy atom. The highest BCUT2D eigenvalue weighted by Crippen LogP contribution is 2.26. The predicted octanol–water partition coefficient (Wildman–Crippen LogP) is 1.95. The maximum absolute atomic E-state index is 12.2. The van der Waals surface area contributed by atoms with Gasteiger partial charge in [0, 0.05) is 18.3 Å². The highest BCUT2D eigenvalue weighted by Gasteiger charge is 2.31. The maximum Gasteiger partial charge on any atom is 0.326 e. The maximum atomic E-state index is 12.2. The first kappa shape index (κ1) is 20.5. The standard InChI is InChI=1S/C20H21N3O5S/c1-13-8-10-15(11-9-13)21-20(25)14(2)28-18(24)12-23(3)19-16-6-4-5-7-17(16)29(26,27)22-19/h4-11,14H,12H2,1-3H3,(H,21,25)/t14-/m1/s1. The van der Waals surface area contributed by atoms with Crippen LogP contribution < -0.4 is 5.32 Å². The van der Waals surface area contributed by atoms with Crippen molar-refractivity contribution < 1.29 is 22.7 Å². The minimum atomic E-state index is -3.78. The number of anilines is 1. The molecule has 0 aromatic heterocycles. The summed E-state index contributed by atoms with van der Waals surface area (Å²) in [5, 5.41) is 2.67. The molecule has 1 aliphatic heterocycles. The van der Waals surface area contributed by atoms with Gasteiger partial charge in [-0.15, -0.1) is 4.40 Å². The van der Waals surface area contributed by atoms with Crippen molar-refractivity contribution in [1.82, 2.24) is 4.90 Å². The molecule has 0 unspecified atom stereocenters. The van der Waals surface area contributed by atoms with Gasteiger partial charge in [-0.2, -0.15) is 8.42 Å². The molecule has 0 bridgehead atoms. The zero-order valence-electron chi connectivity index (χ0n) is 16.2. The first-order valence-corrected chi connectivity index (χ1v) is 10.3. The molecule has 9 heteroatoms. The molecule has 0 saturated carbocycles. The molecule has 1 aliphatic rings. The molecular weight excluding hydrogens is 394 g/mol. The van der Waals surface area contributed by atoms with Gasteiger partial charge in [0.25, 0.3) is 15.9 Å². The van der Waals surface area contributed by atoms with Crippen molar-refractivity contribution in [2.45, 2.75) is 24.8 Å². The Hall–Kier alpha value is -3.20. The predicted molar refractivity (Wildman–Crippen MR) is 108 cm³/mol. The molecule has 152 valence electrons. The molecule has 0 fully saturated rings. The van der Waals surface area contributed by atoms with Crippen LogP contribution in [0.25, 0.3) is 0 Å². The highest BCUT2D eigenvalue weighted by molar-refractivity contribution is 7.90. The van der Waals surface area contributed by atoms with E-state index in [4.69, 9.17) is 4.74 Å². The number of ether oxygens (including phenoxy) is 1. The van der Waals surface area contributed by atoms with Gasteiger partial charge < -0.3 is 15.0 Å². The number of likely N-dealkylation sites (N-methyl/N-ethyl adjacent to an activating group) is 1. The number of rotatable bonds is 5. The number of hydrogen-bond donors (Lipinski definition) is 1. The van der Waals surface area contributed by atoms with Crippen molar-refractivity contribution in [3.63, 3.8) is 0 Å². The first-order chi connectivity index (χ1) is 13.7. The van der Waals surface area contributed by atoms with Gasteiger partial charge in [-0.3, -0.25) is 9.59 Å². The zero-order chi connectivity index (χ0) is 21.2. The van der Waals surface area contributed by atoms with Gasteiger partial charge in [0.1, 0.15) is 11.4 Å². The van der Waals surface area contributed by atoms with E-state index in [2.05, 4.69) is 9.71 Å². The third-order valence-electron chi connectivity index (χ3n) is 4.34. The molecule has 2 aromatic rings. The van der Waals surface area contributed by atoms with E-state index in [0.29, 0.717) is 11.3 Å². The summed E-state index contributed by atoms with van der Waals surface area (Å²) in [7, 11) is -2.24. The van der Waals surface area contributed by atoms with Gasteiger partial charge in [-0.1, -0.05) is 29.8 Å². The van der Waals surface area contributed by atoms with Gasteiger partial charge in [-0.25, -0.2) is 0 Å². The monoisotopic (exact) mass is 415 g/mol. The van der Waals surface area contributed by atoms with Crippen molar-refractivity contribution in [1.29, 1.82) is 0 Å². The molecule has 1 atom stereocenters. The van der Waals surface area contributed by atoms with Crippen molar-refractivity contribution in [3.05, 3.63) is 59.7 Å². The summed E-state index contributed by atoms with van der Waals surface area (Å²) >= 11 is 0. The summed E-state index contributed by atoms with van der Waals surface area (Å²) in [6.07, 6.45) is -1.02. The molecule has 3 rings (SSSR count). The Kier molecular flexibility index (Phi) is 5.69. The lowest BCUT2D eigenvalue weighted by molar-refractivity contribution is -0.153. The van der Waals surface area contributed by atoms with Crippen molar-refractivity contribution in [2.75, 3.05) is 18.9 Å². The number of nitrogens with zero attached hydrogens (tertiary/aromatic N) is 2. The number of amides is 1. The van der Waals surface area contributed by atoms with E-state index >= 15 is 0 Å². The smallest absolute Gasteiger partial charge is 0.326 e. The number of nitrogens with one attached hydrogen (secondary N) is 1. The van der Waals surface area contributed by atoms with Crippen LogP contribution in [0.1, 0.15) is 18.1 Å². The molecule has 1 heterocycles. The van der Waals surface area contributed by atoms with Crippen LogP contribution in [0.4, 0.5) is 5.69 Å². The fraction of sp³-hybridized carbons (Fsp3) is 0.250. The number of hydrogen-bond acceptors (Lipinski definition) is 6. The van der Waals surface area contributed by atoms with E-state index < -0.39 is 28.0 Å². The lowest BCUT2D eigenvalue weighted by Crippen LogP contribution is -2.37. The van der Waals surface area contributed by atoms with Gasteiger partial charge in [0.2, 0.25) is 0 Å². The summed E-state index contributed by atoms with van der Waals surface area (Å²) in [5.74, 6) is -0.978. The Bertz CT molecular complexity index is 1080. The molecule has 1 N–H and O–H groups in total. The number of benzene rings is 2. The number of fused-ring (bicyclic) bond motifs is 1. The average molecular weight is 415 g/mol. The molecule has 29 heavy (non-hydrogen) atoms. The van der Waals surface area contributed by atoms with Gasteiger partial charge in [-0.05, 0) is 38.1 Å². The van der Waals surface area contributed by atoms with Crippen molar-refractivity contribution in [2.24, 2.45) is 4.40 Å². The Morgan fingerprint density at radius 1 is 1.14 bits per heavy atom.